The number of hydrogen-bond donors (Lipinski definition) is 1. The van der Waals surface area contributed by atoms with Crippen molar-refractivity contribution >= 4 is 11.3 Å². The molecule has 0 aliphatic rings. The second-order valence-electron chi connectivity index (χ2n) is 5.37. The van der Waals surface area contributed by atoms with E-state index < -0.39 is 0 Å². The van der Waals surface area contributed by atoms with Gasteiger partial charge in [0.25, 0.3) is 0 Å². The van der Waals surface area contributed by atoms with E-state index in [9.17, 15) is 0 Å². The molecular formula is C16H29NS. The van der Waals surface area contributed by atoms with Gasteiger partial charge in [-0.25, -0.2) is 0 Å². The Kier molecular flexibility index (Phi) is 7.60. The van der Waals surface area contributed by atoms with Crippen LogP contribution in [0.15, 0.2) is 16.8 Å². The molecule has 1 heterocycles. The van der Waals surface area contributed by atoms with Gasteiger partial charge in [-0.15, -0.1) is 0 Å². The van der Waals surface area contributed by atoms with Gasteiger partial charge in [-0.2, -0.15) is 11.3 Å². The molecule has 1 nitrogen and oxygen atoms in total. The lowest BCUT2D eigenvalue weighted by molar-refractivity contribution is 0.214. The second kappa shape index (κ2) is 8.71. The van der Waals surface area contributed by atoms with E-state index in [1.807, 2.05) is 11.3 Å². The lowest BCUT2D eigenvalue weighted by Crippen LogP contribution is -2.34. The summed E-state index contributed by atoms with van der Waals surface area (Å²) in [5, 5.41) is 8.07. The summed E-state index contributed by atoms with van der Waals surface area (Å²) in [5.74, 6) is 0. The van der Waals surface area contributed by atoms with Crippen LogP contribution in [0.2, 0.25) is 0 Å². The molecule has 0 aliphatic heterocycles. The van der Waals surface area contributed by atoms with E-state index in [0.717, 1.165) is 6.54 Å². The van der Waals surface area contributed by atoms with Crippen molar-refractivity contribution in [2.75, 3.05) is 13.1 Å². The molecule has 0 aromatic carbocycles. The van der Waals surface area contributed by atoms with Crippen molar-refractivity contribution in [3.63, 3.8) is 0 Å². The summed E-state index contributed by atoms with van der Waals surface area (Å²) in [5.41, 5.74) is 2.03. The zero-order chi connectivity index (χ0) is 13.3. The van der Waals surface area contributed by atoms with Gasteiger partial charge < -0.3 is 5.32 Å². The van der Waals surface area contributed by atoms with Crippen molar-refractivity contribution in [3.8, 4) is 0 Å². The zero-order valence-corrected chi connectivity index (χ0v) is 13.1. The van der Waals surface area contributed by atoms with Crippen molar-refractivity contribution < 1.29 is 0 Å². The van der Waals surface area contributed by atoms with E-state index >= 15 is 0 Å². The van der Waals surface area contributed by atoms with E-state index in [0.29, 0.717) is 5.41 Å². The minimum atomic E-state index is 0.508. The Hall–Kier alpha value is -0.340. The fraction of sp³-hybridized carbons (Fsp3) is 0.750. The van der Waals surface area contributed by atoms with E-state index in [1.54, 1.807) is 0 Å². The van der Waals surface area contributed by atoms with Gasteiger partial charge in [0.05, 0.1) is 0 Å². The second-order valence-corrected chi connectivity index (χ2v) is 6.15. The van der Waals surface area contributed by atoms with Crippen LogP contribution in [0, 0.1) is 5.41 Å². The van der Waals surface area contributed by atoms with Crippen molar-refractivity contribution in [1.82, 2.24) is 5.32 Å². The molecule has 1 unspecified atom stereocenters. The minimum Gasteiger partial charge on any atom is -0.316 e. The summed E-state index contributed by atoms with van der Waals surface area (Å²) < 4.78 is 0. The predicted molar refractivity (Wildman–Crippen MR) is 83.4 cm³/mol. The highest BCUT2D eigenvalue weighted by atomic mass is 32.1. The van der Waals surface area contributed by atoms with E-state index in [1.165, 1.54) is 50.6 Å². The van der Waals surface area contributed by atoms with Crippen LogP contribution in [-0.4, -0.2) is 13.1 Å². The summed E-state index contributed by atoms with van der Waals surface area (Å²) in [7, 11) is 0. The third-order valence-corrected chi connectivity index (χ3v) is 4.82. The largest absolute Gasteiger partial charge is 0.316 e. The van der Waals surface area contributed by atoms with Crippen molar-refractivity contribution in [1.29, 1.82) is 0 Å². The fourth-order valence-electron chi connectivity index (χ4n) is 2.57. The summed E-state index contributed by atoms with van der Waals surface area (Å²) in [6.07, 6.45) is 7.91. The maximum Gasteiger partial charge on any atom is 0.000770 e. The Morgan fingerprint density at radius 3 is 2.61 bits per heavy atom. The molecule has 1 aromatic rings. The minimum absolute atomic E-state index is 0.508. The van der Waals surface area contributed by atoms with Crippen LogP contribution in [0.1, 0.15) is 58.4 Å². The Morgan fingerprint density at radius 1 is 1.22 bits per heavy atom. The average Bonchev–Trinajstić information content (AvgIpc) is 2.92. The molecule has 0 spiro atoms. The smallest absolute Gasteiger partial charge is 0.000770 e. The van der Waals surface area contributed by atoms with Gasteiger partial charge >= 0.3 is 0 Å². The Labute approximate surface area is 117 Å². The van der Waals surface area contributed by atoms with Gasteiger partial charge in [0.1, 0.15) is 0 Å². The fourth-order valence-corrected chi connectivity index (χ4v) is 3.27. The van der Waals surface area contributed by atoms with Gasteiger partial charge in [0.2, 0.25) is 0 Å². The van der Waals surface area contributed by atoms with Crippen LogP contribution in [0.5, 0.6) is 0 Å². The molecule has 104 valence electrons. The number of thiophene rings is 1. The number of unbranched alkanes of at least 4 members (excludes halogenated alkanes) is 1. The van der Waals surface area contributed by atoms with Gasteiger partial charge in [-0.3, -0.25) is 0 Å². The van der Waals surface area contributed by atoms with Crippen molar-refractivity contribution in [2.24, 2.45) is 5.41 Å². The quantitative estimate of drug-likeness (QED) is 0.637. The van der Waals surface area contributed by atoms with Crippen LogP contribution < -0.4 is 5.32 Å². The predicted octanol–water partition coefficient (Wildman–Crippen LogP) is 4.88. The first-order chi connectivity index (χ1) is 8.76. The molecule has 0 bridgehead atoms. The molecule has 18 heavy (non-hydrogen) atoms. The maximum absolute atomic E-state index is 3.58. The zero-order valence-electron chi connectivity index (χ0n) is 12.3. The van der Waals surface area contributed by atoms with Crippen LogP contribution in [0.25, 0.3) is 0 Å². The normalized spacial score (nSPS) is 14.6. The highest BCUT2D eigenvalue weighted by molar-refractivity contribution is 7.07. The van der Waals surface area contributed by atoms with Crippen LogP contribution in [-0.2, 0) is 6.42 Å². The third kappa shape index (κ3) is 5.11. The standard InChI is InChI=1S/C16H29NS/c1-4-7-10-16(5-2,14-17-6-3)11-8-15-9-12-18-13-15/h9,12-13,17H,4-8,10-11,14H2,1-3H3. The van der Waals surface area contributed by atoms with E-state index in [-0.39, 0.29) is 0 Å². The Morgan fingerprint density at radius 2 is 2.06 bits per heavy atom. The number of hydrogen-bond acceptors (Lipinski definition) is 2. The summed E-state index contributed by atoms with van der Waals surface area (Å²) in [4.78, 5) is 0. The molecule has 0 aliphatic carbocycles. The molecule has 1 atom stereocenters. The van der Waals surface area contributed by atoms with Crippen LogP contribution >= 0.6 is 11.3 Å². The highest BCUT2D eigenvalue weighted by Gasteiger charge is 2.26. The van der Waals surface area contributed by atoms with Gasteiger partial charge in [-0.1, -0.05) is 33.6 Å². The van der Waals surface area contributed by atoms with Gasteiger partial charge in [0, 0.05) is 6.54 Å². The summed E-state index contributed by atoms with van der Waals surface area (Å²) in [6.45, 7) is 9.14. The molecule has 1 aromatic heterocycles. The molecule has 0 radical (unpaired) electrons. The lowest BCUT2D eigenvalue weighted by atomic mass is 9.75. The first-order valence-corrected chi connectivity index (χ1v) is 8.42. The van der Waals surface area contributed by atoms with Crippen molar-refractivity contribution in [3.05, 3.63) is 22.4 Å². The molecular weight excluding hydrogens is 238 g/mol. The first kappa shape index (κ1) is 15.7. The van der Waals surface area contributed by atoms with E-state index in [4.69, 9.17) is 0 Å². The summed E-state index contributed by atoms with van der Waals surface area (Å²) >= 11 is 1.82. The highest BCUT2D eigenvalue weighted by Crippen LogP contribution is 2.33. The van der Waals surface area contributed by atoms with Gasteiger partial charge in [0.15, 0.2) is 0 Å². The molecule has 2 heteroatoms. The lowest BCUT2D eigenvalue weighted by Gasteiger charge is -2.33. The van der Waals surface area contributed by atoms with Crippen molar-refractivity contribution in [2.45, 2.75) is 59.3 Å². The third-order valence-electron chi connectivity index (χ3n) is 4.08. The van der Waals surface area contributed by atoms with Crippen LogP contribution in [0.4, 0.5) is 0 Å². The molecule has 0 fully saturated rings. The molecule has 1 rings (SSSR count). The first-order valence-electron chi connectivity index (χ1n) is 7.48. The molecule has 1 N–H and O–H groups in total. The molecule has 0 saturated carbocycles. The molecule has 0 amide bonds. The summed E-state index contributed by atoms with van der Waals surface area (Å²) in [6, 6.07) is 2.28. The number of aryl methyl sites for hydroxylation is 1. The molecule has 0 saturated heterocycles. The Bertz CT molecular complexity index is 284. The monoisotopic (exact) mass is 267 g/mol. The number of rotatable bonds is 10. The van der Waals surface area contributed by atoms with Crippen LogP contribution in [0.3, 0.4) is 0 Å². The maximum atomic E-state index is 3.58. The van der Waals surface area contributed by atoms with Gasteiger partial charge in [-0.05, 0) is 60.0 Å². The number of nitrogens with one attached hydrogen (secondary N) is 1. The Balaban J connectivity index is 2.55. The van der Waals surface area contributed by atoms with E-state index in [2.05, 4.69) is 42.9 Å². The SMILES string of the molecule is CCCCC(CC)(CCc1ccsc1)CNCC. The topological polar surface area (TPSA) is 12.0 Å². The average molecular weight is 267 g/mol.